The van der Waals surface area contributed by atoms with Gasteiger partial charge in [-0.2, -0.15) is 0 Å². The lowest BCUT2D eigenvalue weighted by Gasteiger charge is -2.40. The van der Waals surface area contributed by atoms with E-state index in [4.69, 9.17) is 4.42 Å². The molecule has 288 valence electrons. The Balaban J connectivity index is 0.796. The zero-order valence-corrected chi connectivity index (χ0v) is 31.9. The highest BCUT2D eigenvalue weighted by Crippen LogP contribution is 2.38. The second-order valence-corrected chi connectivity index (χ2v) is 16.0. The fraction of sp³-hybridized carbons (Fsp3) is 0.348. The number of piperazine rings is 1. The van der Waals surface area contributed by atoms with Gasteiger partial charge in [-0.25, -0.2) is 0 Å². The molecule has 9 rings (SSSR count). The van der Waals surface area contributed by atoms with Gasteiger partial charge in [0.1, 0.15) is 23.4 Å². The lowest BCUT2D eigenvalue weighted by molar-refractivity contribution is -0.125. The zero-order chi connectivity index (χ0) is 38.3. The summed E-state index contributed by atoms with van der Waals surface area (Å²) in [6, 6.07) is 28.2. The van der Waals surface area contributed by atoms with Crippen molar-refractivity contribution in [3.8, 4) is 22.8 Å². The Bertz CT molecular complexity index is 2370. The van der Waals surface area contributed by atoms with Gasteiger partial charge in [0.25, 0.3) is 0 Å². The van der Waals surface area contributed by atoms with Gasteiger partial charge in [-0.05, 0) is 122 Å². The van der Waals surface area contributed by atoms with Crippen molar-refractivity contribution >= 4 is 45.4 Å². The van der Waals surface area contributed by atoms with Crippen molar-refractivity contribution in [2.45, 2.75) is 38.6 Å². The number of hydrogen-bond donors (Lipinski definition) is 3. The van der Waals surface area contributed by atoms with Crippen LogP contribution in [0.3, 0.4) is 0 Å². The molecule has 0 spiro atoms. The summed E-state index contributed by atoms with van der Waals surface area (Å²) in [5, 5.41) is 25.1. The molecule has 3 saturated heterocycles. The highest BCUT2D eigenvalue weighted by Gasteiger charge is 2.32. The van der Waals surface area contributed by atoms with Crippen LogP contribution in [-0.2, 0) is 16.1 Å². The maximum absolute atomic E-state index is 12.7. The van der Waals surface area contributed by atoms with Gasteiger partial charge in [0.05, 0.1) is 17.9 Å². The molecule has 10 heteroatoms. The first-order valence-corrected chi connectivity index (χ1v) is 20.0. The molecule has 0 radical (unpaired) electrons. The third kappa shape index (κ3) is 6.98. The first kappa shape index (κ1) is 35.9. The van der Waals surface area contributed by atoms with Crippen LogP contribution in [0.25, 0.3) is 33.1 Å². The standard InChI is InChI=1S/C46H49N5O5/c1-30-39-24-38(54)11-12-43(39)51(45(30)34-4-9-37(53)10-5-34)27-31-2-6-35(7-3-31)49-16-14-32(15-17-49)26-48-18-20-50(21-19-48)36-8-13-44-40(23-36)42(29-56-44)41-22-33(28-52)25-47-46(41)55/h2-13,23-24,28-29,32-33,41,53-54H,14-22,25-27H2,1H3,(H,47,55). The van der Waals surface area contributed by atoms with E-state index in [1.54, 1.807) is 24.5 Å². The number of piperidine rings is 2. The van der Waals surface area contributed by atoms with E-state index < -0.39 is 0 Å². The van der Waals surface area contributed by atoms with Crippen molar-refractivity contribution in [2.24, 2.45) is 11.8 Å². The SMILES string of the molecule is Cc1c(-c2ccc(O)cc2)n(Cc2ccc(N3CCC(CN4CCN(c5ccc6occ(C7CC(C=O)CNC7=O)c6c5)CC4)CC3)cc2)c2ccc(O)cc12. The minimum atomic E-state index is -0.372. The molecule has 0 saturated carbocycles. The predicted octanol–water partition coefficient (Wildman–Crippen LogP) is 7.28. The lowest BCUT2D eigenvalue weighted by atomic mass is 9.85. The molecule has 3 N–H and O–H groups in total. The average molecular weight is 752 g/mol. The maximum Gasteiger partial charge on any atom is 0.227 e. The Labute approximate surface area is 326 Å². The second kappa shape index (κ2) is 15.1. The summed E-state index contributed by atoms with van der Waals surface area (Å²) in [5.41, 5.74) is 9.56. The van der Waals surface area contributed by atoms with Gasteiger partial charge in [-0.15, -0.1) is 0 Å². The van der Waals surface area contributed by atoms with Crippen LogP contribution < -0.4 is 15.1 Å². The number of aromatic hydroxyl groups is 2. The number of furan rings is 1. The number of benzene rings is 4. The number of anilines is 2. The molecule has 2 unspecified atom stereocenters. The van der Waals surface area contributed by atoms with Crippen LogP contribution in [0, 0.1) is 18.8 Å². The number of aromatic nitrogens is 1. The molecule has 3 aliphatic heterocycles. The molecule has 5 heterocycles. The largest absolute Gasteiger partial charge is 0.508 e. The normalized spacial score (nSPS) is 19.8. The van der Waals surface area contributed by atoms with Crippen LogP contribution in [0.15, 0.2) is 95.6 Å². The van der Waals surface area contributed by atoms with Crippen molar-refractivity contribution in [1.29, 1.82) is 0 Å². The van der Waals surface area contributed by atoms with Crippen molar-refractivity contribution in [2.75, 3.05) is 62.2 Å². The first-order chi connectivity index (χ1) is 27.3. The molecule has 0 bridgehead atoms. The van der Waals surface area contributed by atoms with Gasteiger partial charge < -0.3 is 39.1 Å². The molecular weight excluding hydrogens is 703 g/mol. The number of phenols is 2. The van der Waals surface area contributed by atoms with Crippen LogP contribution in [0.1, 0.15) is 41.9 Å². The summed E-state index contributed by atoms with van der Waals surface area (Å²) in [4.78, 5) is 31.8. The second-order valence-electron chi connectivity index (χ2n) is 16.0. The Morgan fingerprint density at radius 3 is 2.27 bits per heavy atom. The summed E-state index contributed by atoms with van der Waals surface area (Å²) in [6.45, 7) is 10.4. The molecule has 1 amide bonds. The van der Waals surface area contributed by atoms with E-state index in [0.29, 0.717) is 25.4 Å². The van der Waals surface area contributed by atoms with Gasteiger partial charge in [0.2, 0.25) is 5.91 Å². The quantitative estimate of drug-likeness (QED) is 0.132. The van der Waals surface area contributed by atoms with Crippen molar-refractivity contribution in [3.63, 3.8) is 0 Å². The van der Waals surface area contributed by atoms with Gasteiger partial charge in [-0.1, -0.05) is 12.1 Å². The molecule has 0 aliphatic carbocycles. The maximum atomic E-state index is 12.7. The smallest absolute Gasteiger partial charge is 0.227 e. The molecule has 3 aliphatic rings. The Morgan fingerprint density at radius 2 is 1.52 bits per heavy atom. The molecule has 2 aromatic heterocycles. The van der Waals surface area contributed by atoms with Crippen LogP contribution in [0.4, 0.5) is 11.4 Å². The van der Waals surface area contributed by atoms with Crippen LogP contribution in [-0.4, -0.2) is 84.2 Å². The predicted molar refractivity (Wildman–Crippen MR) is 221 cm³/mol. The number of nitrogens with zero attached hydrogens (tertiary/aromatic N) is 4. The fourth-order valence-electron chi connectivity index (χ4n) is 9.31. The van der Waals surface area contributed by atoms with E-state index in [-0.39, 0.29) is 29.2 Å². The Hall–Kier alpha value is -5.74. The molecule has 10 nitrogen and oxygen atoms in total. The summed E-state index contributed by atoms with van der Waals surface area (Å²) >= 11 is 0. The Kier molecular flexibility index (Phi) is 9.67. The summed E-state index contributed by atoms with van der Waals surface area (Å²) < 4.78 is 8.17. The molecular formula is C46H49N5O5. The van der Waals surface area contributed by atoms with Crippen LogP contribution in [0.2, 0.25) is 0 Å². The van der Waals surface area contributed by atoms with Gasteiger partial charge in [0, 0.05) is 98.0 Å². The zero-order valence-electron chi connectivity index (χ0n) is 31.9. The minimum absolute atomic E-state index is 0.0354. The number of nitrogens with one attached hydrogen (secondary N) is 1. The highest BCUT2D eigenvalue weighted by molar-refractivity contribution is 5.94. The highest BCUT2D eigenvalue weighted by atomic mass is 16.3. The molecule has 56 heavy (non-hydrogen) atoms. The van der Waals surface area contributed by atoms with Gasteiger partial charge in [0.15, 0.2) is 0 Å². The van der Waals surface area contributed by atoms with E-state index in [1.165, 1.54) is 24.1 Å². The minimum Gasteiger partial charge on any atom is -0.508 e. The third-order valence-electron chi connectivity index (χ3n) is 12.5. The number of aryl methyl sites for hydroxylation is 1. The van der Waals surface area contributed by atoms with E-state index >= 15 is 0 Å². The molecule has 3 fully saturated rings. The lowest BCUT2D eigenvalue weighted by Crippen LogP contribution is -2.49. The number of carbonyl (C=O) groups is 2. The number of hydrogen-bond acceptors (Lipinski definition) is 8. The number of carbonyl (C=O) groups excluding carboxylic acids is 2. The summed E-state index contributed by atoms with van der Waals surface area (Å²) in [6.07, 6.45) is 5.52. The number of phenolic OH excluding ortho intramolecular Hbond substituents is 2. The number of rotatable bonds is 9. The topological polar surface area (TPSA) is 114 Å². The number of aldehydes is 1. The van der Waals surface area contributed by atoms with Crippen molar-refractivity contribution in [3.05, 3.63) is 108 Å². The summed E-state index contributed by atoms with van der Waals surface area (Å²) in [5.74, 6) is 0.601. The van der Waals surface area contributed by atoms with E-state index in [9.17, 15) is 19.8 Å². The number of fused-ring (bicyclic) bond motifs is 2. The van der Waals surface area contributed by atoms with Crippen LogP contribution in [0.5, 0.6) is 11.5 Å². The summed E-state index contributed by atoms with van der Waals surface area (Å²) in [7, 11) is 0. The molecule has 6 aromatic rings. The van der Waals surface area contributed by atoms with Gasteiger partial charge >= 0.3 is 0 Å². The van der Waals surface area contributed by atoms with Crippen LogP contribution >= 0.6 is 0 Å². The molecule has 2 atom stereocenters. The van der Waals surface area contributed by atoms with Crippen molar-refractivity contribution in [1.82, 2.24) is 14.8 Å². The Morgan fingerprint density at radius 1 is 0.804 bits per heavy atom. The molecule has 4 aromatic carbocycles. The van der Waals surface area contributed by atoms with Crippen molar-refractivity contribution < 1.29 is 24.2 Å². The monoisotopic (exact) mass is 751 g/mol. The van der Waals surface area contributed by atoms with E-state index in [0.717, 1.165) is 102 Å². The van der Waals surface area contributed by atoms with Gasteiger partial charge in [-0.3, -0.25) is 9.69 Å². The van der Waals surface area contributed by atoms with E-state index in [1.807, 2.05) is 30.3 Å². The fourth-order valence-corrected chi connectivity index (χ4v) is 9.31. The average Bonchev–Trinajstić information content (AvgIpc) is 3.76. The number of amides is 1. The first-order valence-electron chi connectivity index (χ1n) is 20.0. The van der Waals surface area contributed by atoms with E-state index in [2.05, 4.69) is 67.9 Å². The third-order valence-corrected chi connectivity index (χ3v) is 12.5.